The molecule has 0 radical (unpaired) electrons. The van der Waals surface area contributed by atoms with Gasteiger partial charge in [-0.25, -0.2) is 9.50 Å². The molecule has 0 aliphatic rings. The quantitative estimate of drug-likeness (QED) is 0.435. The van der Waals surface area contributed by atoms with Crippen molar-refractivity contribution in [2.45, 2.75) is 6.92 Å². The molecule has 0 N–H and O–H groups in total. The van der Waals surface area contributed by atoms with Gasteiger partial charge in [-0.1, -0.05) is 54.6 Å². The number of para-hydroxylation sites is 1. The van der Waals surface area contributed by atoms with Crippen molar-refractivity contribution in [1.29, 1.82) is 0 Å². The Labute approximate surface area is 139 Å². The van der Waals surface area contributed by atoms with Crippen molar-refractivity contribution in [3.8, 4) is 11.3 Å². The van der Waals surface area contributed by atoms with Crippen molar-refractivity contribution >= 4 is 27.2 Å². The molecule has 0 fully saturated rings. The van der Waals surface area contributed by atoms with E-state index >= 15 is 0 Å². The Hall–Kier alpha value is -3.20. The van der Waals surface area contributed by atoms with Crippen molar-refractivity contribution in [3.63, 3.8) is 0 Å². The minimum Gasteiger partial charge on any atom is -0.236 e. The third-order valence-corrected chi connectivity index (χ3v) is 4.64. The van der Waals surface area contributed by atoms with Crippen LogP contribution in [-0.4, -0.2) is 14.6 Å². The molecule has 0 atom stereocenters. The normalized spacial score (nSPS) is 11.5. The maximum Gasteiger partial charge on any atom is 0.118 e. The number of aromatic nitrogens is 3. The number of fused-ring (bicyclic) bond motifs is 4. The predicted octanol–water partition coefficient (Wildman–Crippen LogP) is 5.01. The summed E-state index contributed by atoms with van der Waals surface area (Å²) in [4.78, 5) is 4.51. The Morgan fingerprint density at radius 3 is 2.54 bits per heavy atom. The summed E-state index contributed by atoms with van der Waals surface area (Å²) in [5.74, 6) is 0. The van der Waals surface area contributed by atoms with Gasteiger partial charge in [0.25, 0.3) is 0 Å². The van der Waals surface area contributed by atoms with E-state index in [1.54, 1.807) is 6.33 Å². The van der Waals surface area contributed by atoms with Gasteiger partial charge in [0, 0.05) is 16.5 Å². The maximum atomic E-state index is 4.79. The van der Waals surface area contributed by atoms with Gasteiger partial charge in [0.2, 0.25) is 0 Å². The van der Waals surface area contributed by atoms with Gasteiger partial charge in [0.15, 0.2) is 0 Å². The standard InChI is InChI=1S/C21H15N3/c1-14-20(17-11-10-15-6-2-3-7-16(15)12-17)23-24-13-22-19-9-5-4-8-18(19)21(14)24/h2-13H,1H3. The summed E-state index contributed by atoms with van der Waals surface area (Å²) in [6.45, 7) is 2.14. The van der Waals surface area contributed by atoms with E-state index in [0.29, 0.717) is 0 Å². The van der Waals surface area contributed by atoms with E-state index in [0.717, 1.165) is 27.7 Å². The minimum absolute atomic E-state index is 0.998. The van der Waals surface area contributed by atoms with Crippen LogP contribution in [-0.2, 0) is 0 Å². The average Bonchev–Trinajstić information content (AvgIpc) is 2.98. The topological polar surface area (TPSA) is 30.2 Å². The molecule has 0 spiro atoms. The first-order valence-corrected chi connectivity index (χ1v) is 8.03. The number of hydrogen-bond acceptors (Lipinski definition) is 2. The molecule has 0 aliphatic carbocycles. The van der Waals surface area contributed by atoms with Crippen LogP contribution in [0.2, 0.25) is 0 Å². The zero-order chi connectivity index (χ0) is 16.1. The van der Waals surface area contributed by atoms with Crippen molar-refractivity contribution in [3.05, 3.63) is 78.6 Å². The van der Waals surface area contributed by atoms with Crippen molar-refractivity contribution in [2.24, 2.45) is 0 Å². The van der Waals surface area contributed by atoms with E-state index in [2.05, 4.69) is 60.4 Å². The van der Waals surface area contributed by atoms with Crippen LogP contribution in [0.25, 0.3) is 38.4 Å². The van der Waals surface area contributed by atoms with Gasteiger partial charge in [-0.3, -0.25) is 0 Å². The summed E-state index contributed by atoms with van der Waals surface area (Å²) >= 11 is 0. The zero-order valence-electron chi connectivity index (χ0n) is 13.3. The zero-order valence-corrected chi connectivity index (χ0v) is 13.3. The van der Waals surface area contributed by atoms with Gasteiger partial charge in [0.05, 0.1) is 16.7 Å². The molecule has 0 unspecified atom stereocenters. The molecule has 3 nitrogen and oxygen atoms in total. The highest BCUT2D eigenvalue weighted by molar-refractivity contribution is 5.97. The van der Waals surface area contributed by atoms with Crippen LogP contribution >= 0.6 is 0 Å². The summed E-state index contributed by atoms with van der Waals surface area (Å²) in [5.41, 5.74) is 5.46. The van der Waals surface area contributed by atoms with E-state index in [-0.39, 0.29) is 0 Å². The third-order valence-electron chi connectivity index (χ3n) is 4.64. The molecule has 0 amide bonds. The predicted molar refractivity (Wildman–Crippen MR) is 98.2 cm³/mol. The van der Waals surface area contributed by atoms with Crippen LogP contribution in [0, 0.1) is 6.92 Å². The first kappa shape index (κ1) is 13.3. The molecule has 0 saturated heterocycles. The molecule has 5 rings (SSSR count). The van der Waals surface area contributed by atoms with E-state index in [9.17, 15) is 0 Å². The number of hydrogen-bond donors (Lipinski definition) is 0. The largest absolute Gasteiger partial charge is 0.236 e. The Morgan fingerprint density at radius 1 is 0.833 bits per heavy atom. The molecule has 0 saturated carbocycles. The van der Waals surface area contributed by atoms with E-state index in [1.807, 2.05) is 22.7 Å². The van der Waals surface area contributed by atoms with Crippen LogP contribution < -0.4 is 0 Å². The smallest absolute Gasteiger partial charge is 0.118 e. The first-order valence-electron chi connectivity index (χ1n) is 8.03. The molecule has 3 heteroatoms. The lowest BCUT2D eigenvalue weighted by Crippen LogP contribution is -1.90. The van der Waals surface area contributed by atoms with Crippen molar-refractivity contribution < 1.29 is 0 Å². The highest BCUT2D eigenvalue weighted by Gasteiger charge is 2.14. The summed E-state index contributed by atoms with van der Waals surface area (Å²) in [7, 11) is 0. The van der Waals surface area contributed by atoms with E-state index in [1.165, 1.54) is 16.3 Å². The van der Waals surface area contributed by atoms with Crippen LogP contribution in [0.15, 0.2) is 73.1 Å². The summed E-state index contributed by atoms with van der Waals surface area (Å²) in [6.07, 6.45) is 1.80. The third kappa shape index (κ3) is 1.85. The van der Waals surface area contributed by atoms with Gasteiger partial charge in [-0.05, 0) is 29.8 Å². The monoisotopic (exact) mass is 309 g/mol. The highest BCUT2D eigenvalue weighted by Crippen LogP contribution is 2.30. The summed E-state index contributed by atoms with van der Waals surface area (Å²) in [6, 6.07) is 23.1. The van der Waals surface area contributed by atoms with Crippen LogP contribution in [0.3, 0.4) is 0 Å². The molecular weight excluding hydrogens is 294 g/mol. The van der Waals surface area contributed by atoms with Crippen LogP contribution in [0.5, 0.6) is 0 Å². The first-order chi connectivity index (χ1) is 11.8. The molecule has 114 valence electrons. The number of nitrogens with zero attached hydrogens (tertiary/aromatic N) is 3. The molecule has 3 aromatic carbocycles. The van der Waals surface area contributed by atoms with Gasteiger partial charge < -0.3 is 0 Å². The summed E-state index contributed by atoms with van der Waals surface area (Å²) in [5, 5.41) is 8.41. The Kier molecular flexibility index (Phi) is 2.71. The van der Waals surface area contributed by atoms with Gasteiger partial charge >= 0.3 is 0 Å². The van der Waals surface area contributed by atoms with Crippen LogP contribution in [0.1, 0.15) is 5.56 Å². The average molecular weight is 309 g/mol. The molecular formula is C21H15N3. The van der Waals surface area contributed by atoms with Gasteiger partial charge in [-0.15, -0.1) is 0 Å². The van der Waals surface area contributed by atoms with Crippen molar-refractivity contribution in [1.82, 2.24) is 14.6 Å². The lowest BCUT2D eigenvalue weighted by atomic mass is 10.0. The summed E-state index contributed by atoms with van der Waals surface area (Å²) < 4.78 is 1.89. The molecule has 2 aromatic heterocycles. The second-order valence-electron chi connectivity index (χ2n) is 6.09. The second-order valence-corrected chi connectivity index (χ2v) is 6.09. The Morgan fingerprint density at radius 2 is 1.62 bits per heavy atom. The van der Waals surface area contributed by atoms with Crippen LogP contribution in [0.4, 0.5) is 0 Å². The second kappa shape index (κ2) is 4.90. The van der Waals surface area contributed by atoms with E-state index in [4.69, 9.17) is 5.10 Å². The Balaban J connectivity index is 1.82. The Bertz CT molecular complexity index is 1220. The number of benzene rings is 3. The van der Waals surface area contributed by atoms with E-state index < -0.39 is 0 Å². The fourth-order valence-corrected chi connectivity index (χ4v) is 3.44. The SMILES string of the molecule is Cc1c(-c2ccc3ccccc3c2)nn2cnc3ccccc3c12. The lowest BCUT2D eigenvalue weighted by Gasteiger charge is -2.02. The molecule has 24 heavy (non-hydrogen) atoms. The number of rotatable bonds is 1. The fraction of sp³-hybridized carbons (Fsp3) is 0.0476. The van der Waals surface area contributed by atoms with Gasteiger partial charge in [-0.2, -0.15) is 5.10 Å². The highest BCUT2D eigenvalue weighted by atomic mass is 15.2. The van der Waals surface area contributed by atoms with Gasteiger partial charge in [0.1, 0.15) is 6.33 Å². The molecule has 0 bridgehead atoms. The maximum absolute atomic E-state index is 4.79. The minimum atomic E-state index is 0.998. The molecule has 0 aliphatic heterocycles. The molecule has 2 heterocycles. The molecule has 5 aromatic rings. The van der Waals surface area contributed by atoms with Crippen molar-refractivity contribution in [2.75, 3.05) is 0 Å². The number of aryl methyl sites for hydroxylation is 1. The lowest BCUT2D eigenvalue weighted by molar-refractivity contribution is 0.938. The fourth-order valence-electron chi connectivity index (χ4n) is 3.44.